The molecule has 5 N–H and O–H groups in total. The van der Waals surface area contributed by atoms with Crippen molar-refractivity contribution in [2.24, 2.45) is 34.7 Å². The molecule has 3 heterocycles. The maximum Gasteiger partial charge on any atom is 0.323 e. The average molecular weight is 750 g/mol. The quantitative estimate of drug-likeness (QED) is 0.248. The van der Waals surface area contributed by atoms with Gasteiger partial charge in [0.15, 0.2) is 6.61 Å². The topological polar surface area (TPSA) is 206 Å². The summed E-state index contributed by atoms with van der Waals surface area (Å²) in [5.41, 5.74) is 1.05. The second kappa shape index (κ2) is 11.3. The minimum absolute atomic E-state index is 0.0955. The Morgan fingerprint density at radius 3 is 2.46 bits per heavy atom. The average Bonchev–Trinajstić information content (AvgIpc) is 3.72. The number of fused-ring (bicyclic) bond motifs is 9. The number of hydrogen-bond donors (Lipinski definition) is 4. The molecule has 1 aromatic heterocycles. The van der Waals surface area contributed by atoms with Gasteiger partial charge in [0.1, 0.15) is 12.3 Å². The number of aliphatic carboxylic acids is 1. The summed E-state index contributed by atoms with van der Waals surface area (Å²) in [7, 11) is -3.89. The number of hydrogen-bond acceptors (Lipinski definition) is 10. The number of amides is 3. The van der Waals surface area contributed by atoms with E-state index in [1.165, 1.54) is 36.0 Å². The van der Waals surface area contributed by atoms with Crippen LogP contribution in [-0.4, -0.2) is 65.5 Å². The Kier molecular flexibility index (Phi) is 7.66. The van der Waals surface area contributed by atoms with Crippen LogP contribution in [-0.2, 0) is 29.2 Å². The second-order valence-electron chi connectivity index (χ2n) is 11.7. The molecule has 17 heteroatoms. The fourth-order valence-electron chi connectivity index (χ4n) is 7.68. The van der Waals surface area contributed by atoms with Gasteiger partial charge in [-0.3, -0.25) is 28.9 Å². The SMILES string of the molecule is NS(=O)(=O)c1ccc(NC(=O)COc2ccc(Br)cc2[C@H]2c3sc(=O)[nH]c3SC3C4CC(C5C(=O)N(CC(=O)O)C(=O)C45)C32)cc1. The molecule has 240 valence electrons. The first kappa shape index (κ1) is 31.1. The highest BCUT2D eigenvalue weighted by molar-refractivity contribution is 9.10. The van der Waals surface area contributed by atoms with Crippen molar-refractivity contribution in [3.63, 3.8) is 0 Å². The second-order valence-corrected chi connectivity index (χ2v) is 16.4. The molecule has 2 aromatic carbocycles. The van der Waals surface area contributed by atoms with Crippen LogP contribution in [0.3, 0.4) is 0 Å². The number of thiazole rings is 1. The van der Waals surface area contributed by atoms with Crippen LogP contribution in [0.5, 0.6) is 5.75 Å². The number of anilines is 1. The molecule has 2 aliphatic heterocycles. The van der Waals surface area contributed by atoms with Crippen molar-refractivity contribution in [3.8, 4) is 5.75 Å². The van der Waals surface area contributed by atoms with Gasteiger partial charge in [-0.05, 0) is 66.6 Å². The summed E-state index contributed by atoms with van der Waals surface area (Å²) in [6.07, 6.45) is 0.628. The smallest absolute Gasteiger partial charge is 0.323 e. The number of primary sulfonamides is 1. The Morgan fingerprint density at radius 1 is 1.09 bits per heavy atom. The van der Waals surface area contributed by atoms with Gasteiger partial charge in [0.25, 0.3) is 5.91 Å². The number of ether oxygens (including phenoxy) is 1. The van der Waals surface area contributed by atoms with Crippen LogP contribution in [0, 0.1) is 29.6 Å². The lowest BCUT2D eigenvalue weighted by molar-refractivity contribution is -0.149. The summed E-state index contributed by atoms with van der Waals surface area (Å²) >= 11 is 6.12. The predicted octanol–water partition coefficient (Wildman–Crippen LogP) is 2.42. The standard InChI is InChI=1S/C29H25BrN4O9S3/c30-11-1-6-17(43-10-18(35)32-12-2-4-13(5-3-12)46(31,41)42)14(7-11)20-21-15-8-16(24(21)44-26-25(20)45-29(40)33-26)23-22(15)27(38)34(28(23)39)9-19(36)37/h1-7,15-16,20-24H,8-10H2,(H,32,35)(H,33,40)(H,36,37)(H2,31,41,42)/t15?,16?,20-,21?,22?,23?,24?/m1/s1. The number of halogens is 1. The third kappa shape index (κ3) is 5.17. The van der Waals surface area contributed by atoms with Gasteiger partial charge < -0.3 is 20.1 Å². The first-order chi connectivity index (χ1) is 21.8. The van der Waals surface area contributed by atoms with Gasteiger partial charge in [-0.1, -0.05) is 27.3 Å². The van der Waals surface area contributed by atoms with Crippen molar-refractivity contribution in [2.75, 3.05) is 18.5 Å². The number of likely N-dealkylation sites (tertiary alicyclic amines) is 1. The number of nitrogens with two attached hydrogens (primary N) is 1. The number of carboxylic acids is 1. The molecule has 13 nitrogen and oxygen atoms in total. The number of nitrogens with zero attached hydrogens (tertiary/aromatic N) is 1. The van der Waals surface area contributed by atoms with Crippen LogP contribution in [0.1, 0.15) is 22.8 Å². The third-order valence-electron chi connectivity index (χ3n) is 9.24. The summed E-state index contributed by atoms with van der Waals surface area (Å²) in [6.45, 7) is -1.05. The monoisotopic (exact) mass is 748 g/mol. The zero-order valence-electron chi connectivity index (χ0n) is 23.5. The summed E-state index contributed by atoms with van der Waals surface area (Å²) in [6, 6.07) is 10.7. The van der Waals surface area contributed by atoms with Crippen molar-refractivity contribution < 1.29 is 37.4 Å². The lowest BCUT2D eigenvalue weighted by atomic mass is 9.68. The fraction of sp³-hybridized carbons (Fsp3) is 0.345. The van der Waals surface area contributed by atoms with E-state index in [4.69, 9.17) is 9.88 Å². The molecular formula is C29H25BrN4O9S3. The van der Waals surface area contributed by atoms with Gasteiger partial charge in [-0.25, -0.2) is 13.6 Å². The van der Waals surface area contributed by atoms with Crippen LogP contribution in [0.15, 0.2) is 61.7 Å². The molecule has 7 rings (SSSR count). The Balaban J connectivity index is 1.19. The molecule has 2 aliphatic carbocycles. The molecule has 0 spiro atoms. The van der Waals surface area contributed by atoms with Crippen LogP contribution >= 0.6 is 39.0 Å². The van der Waals surface area contributed by atoms with Crippen molar-refractivity contribution in [2.45, 2.75) is 27.5 Å². The van der Waals surface area contributed by atoms with E-state index in [9.17, 15) is 37.5 Å². The van der Waals surface area contributed by atoms with Gasteiger partial charge in [-0.2, -0.15) is 0 Å². The van der Waals surface area contributed by atoms with E-state index in [0.717, 1.165) is 25.6 Å². The Labute approximate surface area is 278 Å². The van der Waals surface area contributed by atoms with Crippen molar-refractivity contribution in [3.05, 3.63) is 67.0 Å². The molecule has 7 atom stereocenters. The van der Waals surface area contributed by atoms with Crippen LogP contribution < -0.4 is 20.1 Å². The largest absolute Gasteiger partial charge is 0.483 e. The number of H-pyrrole nitrogens is 1. The highest BCUT2D eigenvalue weighted by atomic mass is 79.9. The van der Waals surface area contributed by atoms with Crippen molar-refractivity contribution in [1.82, 2.24) is 9.88 Å². The molecule has 46 heavy (non-hydrogen) atoms. The first-order valence-corrected chi connectivity index (χ1v) is 18.2. The van der Waals surface area contributed by atoms with Crippen LogP contribution in [0.4, 0.5) is 5.69 Å². The van der Waals surface area contributed by atoms with Crippen molar-refractivity contribution in [1.29, 1.82) is 0 Å². The first-order valence-electron chi connectivity index (χ1n) is 14.1. The summed E-state index contributed by atoms with van der Waals surface area (Å²) in [5.74, 6) is -4.47. The maximum absolute atomic E-state index is 13.5. The zero-order chi connectivity index (χ0) is 32.7. The van der Waals surface area contributed by atoms with Gasteiger partial charge in [0, 0.05) is 31.8 Å². The minimum atomic E-state index is -3.89. The number of sulfonamides is 1. The number of carboxylic acid groups (broad SMARTS) is 1. The molecule has 6 unspecified atom stereocenters. The lowest BCUT2D eigenvalue weighted by Gasteiger charge is -2.43. The van der Waals surface area contributed by atoms with Crippen LogP contribution in [0.2, 0.25) is 0 Å². The van der Waals surface area contributed by atoms with Gasteiger partial charge in [-0.15, -0.1) is 11.8 Å². The molecule has 3 fully saturated rings. The van der Waals surface area contributed by atoms with E-state index >= 15 is 0 Å². The van der Waals surface area contributed by atoms with E-state index in [0.29, 0.717) is 28.4 Å². The molecule has 0 radical (unpaired) electrons. The normalized spacial score (nSPS) is 27.7. The van der Waals surface area contributed by atoms with Gasteiger partial charge in [0.05, 0.1) is 21.8 Å². The van der Waals surface area contributed by atoms with Crippen molar-refractivity contribution >= 4 is 78.4 Å². The van der Waals surface area contributed by atoms with E-state index in [1.54, 1.807) is 12.1 Å². The Bertz CT molecular complexity index is 1980. The summed E-state index contributed by atoms with van der Waals surface area (Å²) in [5, 5.41) is 17.7. The van der Waals surface area contributed by atoms with E-state index in [2.05, 4.69) is 26.2 Å². The number of carbonyl (C=O) groups excluding carboxylic acids is 3. The Hall–Kier alpha value is -3.51. The van der Waals surface area contributed by atoms with Gasteiger partial charge >= 0.3 is 10.8 Å². The number of aromatic nitrogens is 1. The number of imide groups is 1. The number of rotatable bonds is 8. The molecule has 4 aliphatic rings. The number of aromatic amines is 1. The molecule has 3 amide bonds. The molecule has 2 saturated carbocycles. The van der Waals surface area contributed by atoms with E-state index in [1.807, 2.05) is 6.07 Å². The highest BCUT2D eigenvalue weighted by Crippen LogP contribution is 2.69. The maximum atomic E-state index is 13.5. The van der Waals surface area contributed by atoms with Crippen LogP contribution in [0.25, 0.3) is 0 Å². The predicted molar refractivity (Wildman–Crippen MR) is 169 cm³/mol. The third-order valence-corrected chi connectivity index (χ3v) is 13.3. The number of thioether (sulfide) groups is 1. The zero-order valence-corrected chi connectivity index (χ0v) is 27.6. The minimum Gasteiger partial charge on any atom is -0.483 e. The molecule has 1 saturated heterocycles. The summed E-state index contributed by atoms with van der Waals surface area (Å²) < 4.78 is 29.9. The highest BCUT2D eigenvalue weighted by Gasteiger charge is 2.69. The van der Waals surface area contributed by atoms with Gasteiger partial charge in [0.2, 0.25) is 21.8 Å². The lowest BCUT2D eigenvalue weighted by Crippen LogP contribution is -2.42. The number of benzene rings is 2. The number of carbonyl (C=O) groups is 4. The molecule has 3 aromatic rings. The fourth-order valence-corrected chi connectivity index (χ4v) is 11.5. The van der Waals surface area contributed by atoms with E-state index < -0.39 is 58.0 Å². The van der Waals surface area contributed by atoms with E-state index in [-0.39, 0.29) is 39.4 Å². The molecule has 2 bridgehead atoms. The Morgan fingerprint density at radius 2 is 1.78 bits per heavy atom. The molecular weight excluding hydrogens is 724 g/mol. The number of nitrogens with one attached hydrogen (secondary N) is 2. The summed E-state index contributed by atoms with van der Waals surface area (Å²) in [4.78, 5) is 68.0.